The van der Waals surface area contributed by atoms with Crippen molar-refractivity contribution in [1.82, 2.24) is 13.7 Å². The molecule has 1 aliphatic rings. The average Bonchev–Trinajstić information content (AvgIpc) is 3.24. The van der Waals surface area contributed by atoms with Crippen LogP contribution in [0.3, 0.4) is 0 Å². The Bertz CT molecular complexity index is 1560. The molecule has 0 amide bonds. The van der Waals surface area contributed by atoms with E-state index in [9.17, 15) is 9.59 Å². The zero-order valence-corrected chi connectivity index (χ0v) is 20.8. The quantitative estimate of drug-likeness (QED) is 0.451. The van der Waals surface area contributed by atoms with Crippen LogP contribution in [0.4, 0.5) is 0 Å². The molecule has 0 radical (unpaired) electrons. The third kappa shape index (κ3) is 3.39. The number of rotatable bonds is 4. The van der Waals surface area contributed by atoms with Gasteiger partial charge in [0.05, 0.1) is 48.7 Å². The first kappa shape index (κ1) is 23.0. The van der Waals surface area contributed by atoms with E-state index in [1.165, 1.54) is 7.05 Å². The van der Waals surface area contributed by atoms with Crippen LogP contribution < -0.4 is 20.7 Å². The smallest absolute Gasteiger partial charge is 0.331 e. The van der Waals surface area contributed by atoms with Crippen molar-refractivity contribution in [2.24, 2.45) is 14.1 Å². The van der Waals surface area contributed by atoms with E-state index < -0.39 is 11.6 Å². The van der Waals surface area contributed by atoms with E-state index in [0.717, 1.165) is 32.8 Å². The van der Waals surface area contributed by atoms with Gasteiger partial charge in [-0.2, -0.15) is 0 Å². The molecule has 5 rings (SSSR count). The van der Waals surface area contributed by atoms with Gasteiger partial charge in [-0.15, -0.1) is 0 Å². The molecule has 0 saturated heterocycles. The average molecular weight is 476 g/mol. The molecule has 3 heterocycles. The van der Waals surface area contributed by atoms with Crippen molar-refractivity contribution in [2.75, 3.05) is 20.8 Å². The van der Waals surface area contributed by atoms with Gasteiger partial charge in [0, 0.05) is 14.1 Å². The SMILES string of the molecule is COc1ccc(-c2c3c(=O)n(C)c(=O)n(C)c3c3n2C(C)(C)CO[C@@H]3c2cccc(OC)c2)cc1. The van der Waals surface area contributed by atoms with E-state index in [2.05, 4.69) is 18.4 Å². The van der Waals surface area contributed by atoms with Crippen molar-refractivity contribution in [3.8, 4) is 22.8 Å². The van der Waals surface area contributed by atoms with Crippen molar-refractivity contribution >= 4 is 10.9 Å². The number of nitrogens with zero attached hydrogens (tertiary/aromatic N) is 3. The maximum absolute atomic E-state index is 13.6. The topological polar surface area (TPSA) is 76.6 Å². The molecule has 8 nitrogen and oxygen atoms in total. The third-order valence-electron chi connectivity index (χ3n) is 6.83. The van der Waals surface area contributed by atoms with Crippen molar-refractivity contribution in [3.63, 3.8) is 0 Å². The van der Waals surface area contributed by atoms with Gasteiger partial charge in [-0.25, -0.2) is 4.79 Å². The highest BCUT2D eigenvalue weighted by atomic mass is 16.5. The van der Waals surface area contributed by atoms with Crippen molar-refractivity contribution in [2.45, 2.75) is 25.5 Å². The van der Waals surface area contributed by atoms with Crippen LogP contribution >= 0.6 is 0 Å². The summed E-state index contributed by atoms with van der Waals surface area (Å²) >= 11 is 0. The highest BCUT2D eigenvalue weighted by Gasteiger charge is 2.40. The number of aryl methyl sites for hydroxylation is 1. The first-order chi connectivity index (χ1) is 16.7. The first-order valence-corrected chi connectivity index (χ1v) is 11.4. The Hall–Kier alpha value is -3.78. The minimum Gasteiger partial charge on any atom is -0.497 e. The molecule has 0 saturated carbocycles. The number of hydrogen-bond acceptors (Lipinski definition) is 5. The summed E-state index contributed by atoms with van der Waals surface area (Å²) in [4.78, 5) is 26.7. The Morgan fingerprint density at radius 3 is 2.29 bits per heavy atom. The summed E-state index contributed by atoms with van der Waals surface area (Å²) in [6, 6.07) is 15.3. The summed E-state index contributed by atoms with van der Waals surface area (Å²) in [6.07, 6.45) is -0.495. The normalized spacial score (nSPS) is 16.8. The fraction of sp³-hybridized carbons (Fsp3) is 0.333. The highest BCUT2D eigenvalue weighted by Crippen LogP contribution is 2.45. The van der Waals surface area contributed by atoms with Crippen LogP contribution in [0.25, 0.3) is 22.2 Å². The molecule has 2 aromatic heterocycles. The molecule has 8 heteroatoms. The molecular weight excluding hydrogens is 446 g/mol. The van der Waals surface area contributed by atoms with E-state index in [-0.39, 0.29) is 11.2 Å². The molecule has 35 heavy (non-hydrogen) atoms. The van der Waals surface area contributed by atoms with Crippen LogP contribution in [-0.2, 0) is 24.4 Å². The Balaban J connectivity index is 1.96. The Labute approximate surface area is 202 Å². The van der Waals surface area contributed by atoms with Gasteiger partial charge >= 0.3 is 5.69 Å². The largest absolute Gasteiger partial charge is 0.497 e. The van der Waals surface area contributed by atoms with Gasteiger partial charge in [0.1, 0.15) is 17.6 Å². The second kappa shape index (κ2) is 8.16. The van der Waals surface area contributed by atoms with Crippen molar-refractivity contribution < 1.29 is 14.2 Å². The van der Waals surface area contributed by atoms with Gasteiger partial charge in [-0.1, -0.05) is 12.1 Å². The van der Waals surface area contributed by atoms with Crippen molar-refractivity contribution in [1.29, 1.82) is 0 Å². The number of aromatic nitrogens is 3. The number of fused-ring (bicyclic) bond motifs is 3. The molecule has 0 fully saturated rings. The number of hydrogen-bond donors (Lipinski definition) is 0. The van der Waals surface area contributed by atoms with Gasteiger partial charge in [-0.3, -0.25) is 13.9 Å². The van der Waals surface area contributed by atoms with Gasteiger partial charge in [0.15, 0.2) is 0 Å². The molecule has 1 aliphatic heterocycles. The molecular formula is C27H29N3O5. The van der Waals surface area contributed by atoms with Crippen molar-refractivity contribution in [3.05, 3.63) is 80.6 Å². The Morgan fingerprint density at radius 1 is 0.943 bits per heavy atom. The predicted molar refractivity (Wildman–Crippen MR) is 135 cm³/mol. The third-order valence-corrected chi connectivity index (χ3v) is 6.83. The minimum absolute atomic E-state index is 0.337. The predicted octanol–water partition coefficient (Wildman–Crippen LogP) is 3.58. The van der Waals surface area contributed by atoms with Gasteiger partial charge < -0.3 is 18.8 Å². The Kier molecular flexibility index (Phi) is 5.36. The van der Waals surface area contributed by atoms with Crippen LogP contribution in [0.2, 0.25) is 0 Å². The lowest BCUT2D eigenvalue weighted by Crippen LogP contribution is -2.40. The molecule has 0 unspecified atom stereocenters. The molecule has 0 N–H and O–H groups in total. The summed E-state index contributed by atoms with van der Waals surface area (Å²) in [5.41, 5.74) is 2.64. The Morgan fingerprint density at radius 2 is 1.63 bits per heavy atom. The molecule has 2 aromatic carbocycles. The summed E-state index contributed by atoms with van der Waals surface area (Å²) in [5.74, 6) is 1.43. The monoisotopic (exact) mass is 475 g/mol. The molecule has 182 valence electrons. The zero-order valence-electron chi connectivity index (χ0n) is 20.8. The number of benzene rings is 2. The highest BCUT2D eigenvalue weighted by molar-refractivity contribution is 5.97. The lowest BCUT2D eigenvalue weighted by atomic mass is 9.98. The van der Waals surface area contributed by atoms with E-state index in [0.29, 0.717) is 23.3 Å². The minimum atomic E-state index is -0.495. The van der Waals surface area contributed by atoms with Crippen LogP contribution in [0.1, 0.15) is 31.2 Å². The van der Waals surface area contributed by atoms with E-state index in [4.69, 9.17) is 14.2 Å². The lowest BCUT2D eigenvalue weighted by Gasteiger charge is -2.39. The van der Waals surface area contributed by atoms with Gasteiger partial charge in [0.25, 0.3) is 5.56 Å². The zero-order chi connectivity index (χ0) is 25.1. The number of ether oxygens (including phenoxy) is 3. The van der Waals surface area contributed by atoms with E-state index in [1.54, 1.807) is 25.8 Å². The molecule has 4 aromatic rings. The second-order valence-corrected chi connectivity index (χ2v) is 9.51. The van der Waals surface area contributed by atoms with Gasteiger partial charge in [-0.05, 0) is 61.4 Å². The summed E-state index contributed by atoms with van der Waals surface area (Å²) in [6.45, 7) is 4.57. The standard InChI is InChI=1S/C27H29N3O5/c1-27(2)15-35-24(17-8-7-9-19(14-17)34-6)23-22-20(25(31)29(4)26(32)28(22)3)21(30(23)27)16-10-12-18(33-5)13-11-16/h7-14,24H,15H2,1-6H3/t24-/m1/s1. The lowest BCUT2D eigenvalue weighted by molar-refractivity contribution is -0.00714. The fourth-order valence-corrected chi connectivity index (χ4v) is 5.08. The van der Waals surface area contributed by atoms with Crippen LogP contribution in [0.5, 0.6) is 11.5 Å². The summed E-state index contributed by atoms with van der Waals surface area (Å²) < 4.78 is 22.1. The number of methoxy groups -OCH3 is 2. The summed E-state index contributed by atoms with van der Waals surface area (Å²) in [5, 5.41) is 0.487. The molecule has 1 atom stereocenters. The van der Waals surface area contributed by atoms with Crippen LogP contribution in [-0.4, -0.2) is 34.5 Å². The molecule has 0 aliphatic carbocycles. The first-order valence-electron chi connectivity index (χ1n) is 11.4. The van der Waals surface area contributed by atoms with Gasteiger partial charge in [0.2, 0.25) is 0 Å². The summed E-state index contributed by atoms with van der Waals surface area (Å²) in [7, 11) is 6.46. The van der Waals surface area contributed by atoms with Crippen LogP contribution in [0, 0.1) is 0 Å². The fourth-order valence-electron chi connectivity index (χ4n) is 5.08. The van der Waals surface area contributed by atoms with Crippen LogP contribution in [0.15, 0.2) is 58.1 Å². The van der Waals surface area contributed by atoms with E-state index in [1.807, 2.05) is 48.5 Å². The second-order valence-electron chi connectivity index (χ2n) is 9.51. The molecule has 0 bridgehead atoms. The maximum Gasteiger partial charge on any atom is 0.331 e. The molecule has 0 spiro atoms. The van der Waals surface area contributed by atoms with E-state index >= 15 is 0 Å². The maximum atomic E-state index is 13.6.